The molecule has 0 spiro atoms. The molecule has 6 rings (SSSR count). The minimum Gasteiger partial charge on any atom is -0.444 e. The highest BCUT2D eigenvalue weighted by Crippen LogP contribution is 2.30. The largest absolute Gasteiger partial charge is 0.466 e. The fourth-order valence-corrected chi connectivity index (χ4v) is 107. The minimum atomic E-state index is -2.52. The average molecular weight is 2380 g/mol. The van der Waals surface area contributed by atoms with E-state index in [1.54, 1.807) is 0 Å². The maximum atomic E-state index is 6.72. The maximum absolute atomic E-state index is 6.72. The Morgan fingerprint density at radius 1 is 0.380 bits per heavy atom. The van der Waals surface area contributed by atoms with Crippen LogP contribution >= 0.6 is 0 Å². The van der Waals surface area contributed by atoms with Crippen LogP contribution in [0.2, 0.25) is 198 Å². The molecule has 19 unspecified atom stereocenters. The van der Waals surface area contributed by atoms with Gasteiger partial charge < -0.3 is 128 Å². The highest BCUT2D eigenvalue weighted by Gasteiger charge is 2.45. The molecule has 0 aromatic carbocycles. The van der Waals surface area contributed by atoms with Crippen LogP contribution in [0.5, 0.6) is 0 Å². The molecule has 0 aromatic rings. The van der Waals surface area contributed by atoms with Gasteiger partial charge in [-0.3, -0.25) is 0 Å². The van der Waals surface area contributed by atoms with Gasteiger partial charge in [0.1, 0.15) is 9.76 Å². The third kappa shape index (κ3) is 77.6. The van der Waals surface area contributed by atoms with Gasteiger partial charge in [0, 0.05) is 18.3 Å². The Labute approximate surface area is 849 Å². The zero-order valence-corrected chi connectivity index (χ0v) is 123. The van der Waals surface area contributed by atoms with Gasteiger partial charge in [-0.25, -0.2) is 0 Å². The van der Waals surface area contributed by atoms with Crippen LogP contribution in [0, 0.1) is 5.92 Å². The summed E-state index contributed by atoms with van der Waals surface area (Å²) in [6.07, 6.45) is 14.2. The van der Waals surface area contributed by atoms with Crippen LogP contribution in [0.15, 0.2) is 0 Å². The molecule has 19 atom stereocenters. The lowest BCUT2D eigenvalue weighted by molar-refractivity contribution is 0.126. The number of rotatable bonds is 43. The van der Waals surface area contributed by atoms with Crippen molar-refractivity contribution < 1.29 is 128 Å². The number of hydrogen-bond acceptors (Lipinski definition) is 31. The lowest BCUT2D eigenvalue weighted by Gasteiger charge is -2.37. The summed E-state index contributed by atoms with van der Waals surface area (Å²) in [6, 6.07) is 10.4. The lowest BCUT2D eigenvalue weighted by atomic mass is 10.2. The molecule has 6 aliphatic rings. The first-order chi connectivity index (χ1) is 59.4. The molecule has 788 valence electrons. The first kappa shape index (κ1) is 147. The summed E-state index contributed by atoms with van der Waals surface area (Å²) in [4.78, 5) is 0. The third-order valence-corrected chi connectivity index (χ3v) is 112. The fraction of sp³-hybridized carbons (Fsp3) is 1.00. The molecule has 0 aliphatic carbocycles. The van der Waals surface area contributed by atoms with Crippen LogP contribution in [-0.2, 0) is 128 Å². The number of hydrogen-bond donors (Lipinski definition) is 0. The van der Waals surface area contributed by atoms with Gasteiger partial charge in [0.25, 0.3) is 163 Å². The molecule has 6 aliphatic heterocycles. The van der Waals surface area contributed by atoms with Crippen LogP contribution in [-0.4, -0.2) is 301 Å². The Morgan fingerprint density at radius 2 is 0.783 bits per heavy atom. The van der Waals surface area contributed by atoms with Crippen molar-refractivity contribution in [2.45, 2.75) is 435 Å². The van der Waals surface area contributed by atoms with E-state index in [9.17, 15) is 0 Å². The van der Waals surface area contributed by atoms with E-state index < -0.39 is 289 Å². The Morgan fingerprint density at radius 3 is 1.29 bits per heavy atom. The van der Waals surface area contributed by atoms with Crippen LogP contribution in [0.4, 0.5) is 0 Å². The Hall–Kier alpha value is 5.48. The molecule has 31 nitrogen and oxygen atoms in total. The van der Waals surface area contributed by atoms with Crippen molar-refractivity contribution in [3.8, 4) is 0 Å². The Bertz CT molecular complexity index is 2380. The van der Waals surface area contributed by atoms with Crippen molar-refractivity contribution >= 4 is 289 Å². The van der Waals surface area contributed by atoms with E-state index in [1.165, 1.54) is 69.5 Å². The van der Waals surface area contributed by atoms with Gasteiger partial charge in [0.2, 0.25) is 0 Å². The summed E-state index contributed by atoms with van der Waals surface area (Å²) >= 11 is 0. The molecule has 6 saturated heterocycles. The molecule has 0 radical (unpaired) electrons. The molecule has 62 heteroatoms. The van der Waals surface area contributed by atoms with E-state index in [2.05, 4.69) is 125 Å². The van der Waals surface area contributed by atoms with E-state index in [1.807, 2.05) is 130 Å². The maximum Gasteiger partial charge on any atom is 0.466 e. The average Bonchev–Trinajstić information content (AvgIpc) is 0.849. The molecule has 0 aromatic heterocycles. The highest BCUT2D eigenvalue weighted by molar-refractivity contribution is 6.84. The van der Waals surface area contributed by atoms with Gasteiger partial charge in [-0.1, -0.05) is 211 Å². The molecule has 129 heavy (non-hydrogen) atoms. The lowest BCUT2D eigenvalue weighted by Crippen LogP contribution is -2.53. The predicted octanol–water partition coefficient (Wildman–Crippen LogP) is 10.0. The molecule has 6 heterocycles. The second-order valence-corrected chi connectivity index (χ2v) is 107. The standard InChI is InChI=1S/C31H90O15Si16.C18H62O16Si15.7C2H6.4CH4/c1-50-33-48-34-51(2)42-60(11,41-50)29-23-16-14-20-26-47-32-58(27-21-15-17-24-30-61(12)43-54(5)37-52(3)38-55(6)44-61)35-49-36-59(9,10)28-22-18-19-25-31-62(13)45-56(7)39-53(4)40-57(8)46-62;1-16-12-40(4)28-42(6)30-45(13-16)24-36-21-35-22-39-27-49(11)15-18(3)20-46(32-44(8)33-49)25-37-23-38-26-48(9,10)34-47-19-17(2)14-41(5)29-43(7)31-47;7*1-2;;;;/h50-58H,14-31,47-49H2,1-13H3;16-18,40-47H,12-15,35-39H2,1-11H3;7*1-2H3;4*1H4. The summed E-state index contributed by atoms with van der Waals surface area (Å²) in [5, 5.41) is 0. The quantitative estimate of drug-likeness (QED) is 0.0405. The van der Waals surface area contributed by atoms with Crippen molar-refractivity contribution in [2.24, 2.45) is 5.92 Å². The molecule has 0 amide bonds. The van der Waals surface area contributed by atoms with Crippen molar-refractivity contribution in [3.63, 3.8) is 0 Å². The van der Waals surface area contributed by atoms with Crippen molar-refractivity contribution in [2.75, 3.05) is 0 Å². The first-order valence-electron chi connectivity index (χ1n) is 48.3. The van der Waals surface area contributed by atoms with Crippen molar-refractivity contribution in [1.29, 1.82) is 0 Å². The summed E-state index contributed by atoms with van der Waals surface area (Å²) in [5.41, 5.74) is 0. The summed E-state index contributed by atoms with van der Waals surface area (Å²) in [7, 11) is -51.5. The zero-order valence-electron chi connectivity index (χ0n) is 86.4. The normalized spacial score (nSPS) is 32.7. The molecule has 0 saturated carbocycles. The van der Waals surface area contributed by atoms with Crippen LogP contribution in [0.1, 0.15) is 224 Å². The topological polar surface area (TPSA) is 286 Å². The second-order valence-electron chi connectivity index (χ2n) is 32.0. The predicted molar refractivity (Wildman–Crippen MR) is 619 cm³/mol. The van der Waals surface area contributed by atoms with E-state index >= 15 is 0 Å². The van der Waals surface area contributed by atoms with Gasteiger partial charge >= 0.3 is 89.7 Å². The third-order valence-electron chi connectivity index (χ3n) is 19.1. The molecule has 0 bridgehead atoms. The van der Waals surface area contributed by atoms with Gasteiger partial charge in [0.05, 0.1) is 0 Å². The summed E-state index contributed by atoms with van der Waals surface area (Å²) in [5.74, 6) is 0.601. The molecular formula is C67H210O31Si31. The van der Waals surface area contributed by atoms with E-state index in [-0.39, 0.29) is 41.9 Å². The Balaban J connectivity index is -0.000000402. The van der Waals surface area contributed by atoms with E-state index in [0.717, 1.165) is 61.9 Å². The molecule has 6 fully saturated rings. The fourth-order valence-electron chi connectivity index (χ4n) is 14.1. The zero-order chi connectivity index (χ0) is 95.7. The van der Waals surface area contributed by atoms with Gasteiger partial charge in [0.15, 0.2) is 26.4 Å². The van der Waals surface area contributed by atoms with Gasteiger partial charge in [-0.15, -0.1) is 0 Å². The SMILES string of the molecule is C.C.C.C.CC.CC.CC.CC.CC.CC.CC.CC1C[SiH](C)O[SiH](C)O[SiH](O[SiH2]O[SiH2]O[SiH2]O[Si]2(C)CC(C)O[SiH](O[SiH2]O[SiH2]O[Si](C)(C)O[SiH]3OC(C)C[SiH](C)O[SiH](C)O3)O[SiH](C)O2)C1.C[SiH]1O[SiH](C)O[Si](C)(CCCCCC[SiH](O[SiH2]CCCCCC[Si]2(C)O[SiH](C)O[SiH2]O[SiH](C)O2)O[SiH2]O[Si](C)(C)CCCCCC[Si]2(C)O[SiH](C)O[SiH](C)O[SiH](C)O2)O[SiH](C)O1. The molecular weight excluding hydrogens is 2170 g/mol. The summed E-state index contributed by atoms with van der Waals surface area (Å²) in [6.45, 7) is 79.3. The number of unbranched alkanes of at least 4 members (excludes halogenated alkanes) is 9. The molecule has 0 N–H and O–H groups in total. The highest BCUT2D eigenvalue weighted by atomic mass is 28.5. The van der Waals surface area contributed by atoms with Crippen LogP contribution in [0.25, 0.3) is 0 Å². The summed E-state index contributed by atoms with van der Waals surface area (Å²) < 4.78 is 193. The van der Waals surface area contributed by atoms with Gasteiger partial charge in [-0.2, -0.15) is 0 Å². The van der Waals surface area contributed by atoms with Gasteiger partial charge in [-0.05, 0) is 212 Å². The first-order valence-corrected chi connectivity index (χ1v) is 108. The van der Waals surface area contributed by atoms with E-state index in [4.69, 9.17) is 128 Å². The van der Waals surface area contributed by atoms with E-state index in [0.29, 0.717) is 12.0 Å². The van der Waals surface area contributed by atoms with Crippen LogP contribution < -0.4 is 0 Å². The van der Waals surface area contributed by atoms with Crippen LogP contribution in [0.3, 0.4) is 0 Å². The minimum absolute atomic E-state index is 0. The second kappa shape index (κ2) is 88.7. The smallest absolute Gasteiger partial charge is 0.444 e. The van der Waals surface area contributed by atoms with Crippen molar-refractivity contribution in [3.05, 3.63) is 0 Å². The Kier molecular flexibility index (Phi) is 101. The van der Waals surface area contributed by atoms with Crippen molar-refractivity contribution in [1.82, 2.24) is 0 Å². The monoisotopic (exact) mass is 2380 g/mol.